The highest BCUT2D eigenvalue weighted by Gasteiger charge is 2.59. The third-order valence-electron chi connectivity index (χ3n) is 5.88. The van der Waals surface area contributed by atoms with E-state index in [0.29, 0.717) is 17.7 Å². The fraction of sp³-hybridized carbons (Fsp3) is 0.611. The summed E-state index contributed by atoms with van der Waals surface area (Å²) in [6, 6.07) is 1.65. The Hall–Kier alpha value is -1.58. The van der Waals surface area contributed by atoms with Gasteiger partial charge in [-0.1, -0.05) is 6.92 Å². The van der Waals surface area contributed by atoms with Crippen molar-refractivity contribution in [3.05, 3.63) is 23.4 Å². The maximum Gasteiger partial charge on any atom is 0.489 e. The second-order valence-corrected chi connectivity index (χ2v) is 7.40. The molecule has 0 radical (unpaired) electrons. The maximum absolute atomic E-state index is 15.6. The van der Waals surface area contributed by atoms with Crippen LogP contribution in [0, 0.1) is 0 Å². The van der Waals surface area contributed by atoms with Gasteiger partial charge < -0.3 is 14.8 Å². The summed E-state index contributed by atoms with van der Waals surface area (Å²) in [5.74, 6) is -3.57. The van der Waals surface area contributed by atoms with Gasteiger partial charge in [-0.2, -0.15) is 5.10 Å². The van der Waals surface area contributed by atoms with Crippen LogP contribution < -0.4 is 5.46 Å². The van der Waals surface area contributed by atoms with E-state index in [1.54, 1.807) is 10.7 Å². The third-order valence-corrected chi connectivity index (χ3v) is 5.88. The summed E-state index contributed by atoms with van der Waals surface area (Å²) in [4.78, 5) is 0. The van der Waals surface area contributed by atoms with Crippen LogP contribution in [0.4, 0.5) is 13.2 Å². The highest BCUT2D eigenvalue weighted by molar-refractivity contribution is 6.62. The highest BCUT2D eigenvalue weighted by Crippen LogP contribution is 2.51. The number of hydrogen-bond acceptors (Lipinski definition) is 4. The van der Waals surface area contributed by atoms with E-state index in [9.17, 15) is 18.8 Å². The lowest BCUT2D eigenvalue weighted by Crippen LogP contribution is -2.51. The van der Waals surface area contributed by atoms with Crippen molar-refractivity contribution in [1.29, 1.82) is 0 Å². The molecule has 2 aliphatic rings. The molecule has 2 heterocycles. The van der Waals surface area contributed by atoms with Crippen LogP contribution in [0.15, 0.2) is 12.3 Å². The average molecular weight is 382 g/mol. The smallest absolute Gasteiger partial charge is 0.423 e. The van der Waals surface area contributed by atoms with E-state index in [0.717, 1.165) is 19.3 Å². The Morgan fingerprint density at radius 2 is 2.11 bits per heavy atom. The number of rotatable bonds is 3. The zero-order chi connectivity index (χ0) is 19.4. The lowest BCUT2D eigenvalue weighted by atomic mass is 9.64. The molecule has 27 heavy (non-hydrogen) atoms. The van der Waals surface area contributed by atoms with E-state index in [4.69, 9.17) is 4.74 Å². The van der Waals surface area contributed by atoms with Gasteiger partial charge in [0.05, 0.1) is 11.7 Å². The second kappa shape index (κ2) is 6.50. The van der Waals surface area contributed by atoms with Gasteiger partial charge in [0.25, 0.3) is 5.92 Å². The Morgan fingerprint density at radius 1 is 1.33 bits per heavy atom. The van der Waals surface area contributed by atoms with Crippen LogP contribution in [0.3, 0.4) is 0 Å². The molecule has 2 unspecified atom stereocenters. The van der Waals surface area contributed by atoms with Gasteiger partial charge in [0.15, 0.2) is 11.9 Å². The molecule has 0 amide bonds. The number of hydrogen-bond donors (Lipinski definition) is 2. The van der Waals surface area contributed by atoms with Gasteiger partial charge in [-0.05, 0) is 54.8 Å². The Balaban J connectivity index is 1.98. The van der Waals surface area contributed by atoms with Gasteiger partial charge in [0, 0.05) is 18.4 Å². The normalized spacial score (nSPS) is 27.6. The molecule has 0 saturated carbocycles. The molecule has 146 valence electrons. The highest BCUT2D eigenvalue weighted by atomic mass is 19.3. The molecule has 5 nitrogen and oxygen atoms in total. The lowest BCUT2D eigenvalue weighted by Gasteiger charge is -2.40. The van der Waals surface area contributed by atoms with Gasteiger partial charge in [0.1, 0.15) is 0 Å². The largest absolute Gasteiger partial charge is 0.489 e. The van der Waals surface area contributed by atoms with Crippen LogP contribution in [0.5, 0.6) is 0 Å². The minimum atomic E-state index is -3.57. The fourth-order valence-corrected chi connectivity index (χ4v) is 4.46. The van der Waals surface area contributed by atoms with Crippen LogP contribution in [0.25, 0.3) is 10.9 Å². The number of alkyl halides is 3. The van der Waals surface area contributed by atoms with Gasteiger partial charge in [-0.25, -0.2) is 17.9 Å². The SMILES string of the molecule is CCC1(F)c2c(cc3c(cnn3C3CCCCO3)c2B(O)O)CCC1(F)F. The van der Waals surface area contributed by atoms with Gasteiger partial charge in [-0.15, -0.1) is 0 Å². The Bertz CT molecular complexity index is 867. The van der Waals surface area contributed by atoms with E-state index in [1.807, 2.05) is 0 Å². The summed E-state index contributed by atoms with van der Waals surface area (Å²) >= 11 is 0. The average Bonchev–Trinajstić information content (AvgIpc) is 3.07. The molecule has 1 saturated heterocycles. The molecule has 0 bridgehead atoms. The molecule has 1 aliphatic carbocycles. The molecule has 1 aliphatic heterocycles. The summed E-state index contributed by atoms with van der Waals surface area (Å²) in [5.41, 5.74) is -2.54. The number of benzene rings is 1. The number of aromatic nitrogens is 2. The molecule has 9 heteroatoms. The summed E-state index contributed by atoms with van der Waals surface area (Å²) in [7, 11) is -2.08. The number of ether oxygens (including phenoxy) is 1. The van der Waals surface area contributed by atoms with Crippen molar-refractivity contribution in [2.24, 2.45) is 0 Å². The molecule has 1 aromatic heterocycles. The monoisotopic (exact) mass is 382 g/mol. The zero-order valence-corrected chi connectivity index (χ0v) is 15.1. The van der Waals surface area contributed by atoms with Crippen molar-refractivity contribution in [2.45, 2.75) is 63.3 Å². The third kappa shape index (κ3) is 2.70. The maximum atomic E-state index is 15.6. The van der Waals surface area contributed by atoms with E-state index >= 15 is 4.39 Å². The summed E-state index contributed by atoms with van der Waals surface area (Å²) in [5, 5.41) is 24.5. The fourth-order valence-electron chi connectivity index (χ4n) is 4.46. The molecule has 0 spiro atoms. The van der Waals surface area contributed by atoms with E-state index in [2.05, 4.69) is 5.10 Å². The minimum absolute atomic E-state index is 0.0413. The predicted octanol–water partition coefficient (Wildman–Crippen LogP) is 2.57. The Labute approximate surface area is 155 Å². The molecule has 2 aromatic rings. The number of aryl methyl sites for hydroxylation is 1. The van der Waals surface area contributed by atoms with Gasteiger partial charge in [0.2, 0.25) is 0 Å². The molecular weight excluding hydrogens is 360 g/mol. The Kier molecular flexibility index (Phi) is 4.52. The molecule has 1 fully saturated rings. The zero-order valence-electron chi connectivity index (χ0n) is 15.1. The Morgan fingerprint density at radius 3 is 2.74 bits per heavy atom. The first kappa shape index (κ1) is 18.8. The van der Waals surface area contributed by atoms with Crippen LogP contribution >= 0.6 is 0 Å². The van der Waals surface area contributed by atoms with Crippen LogP contribution in [-0.4, -0.2) is 39.5 Å². The molecule has 2 N–H and O–H groups in total. The number of halogens is 3. The summed E-state index contributed by atoms with van der Waals surface area (Å²) < 4.78 is 51.9. The first-order valence-corrected chi connectivity index (χ1v) is 9.38. The lowest BCUT2D eigenvalue weighted by molar-refractivity contribution is -0.155. The van der Waals surface area contributed by atoms with Crippen molar-refractivity contribution >= 4 is 23.5 Å². The van der Waals surface area contributed by atoms with Crippen LogP contribution in [0.1, 0.15) is 56.4 Å². The van der Waals surface area contributed by atoms with Gasteiger partial charge >= 0.3 is 7.12 Å². The van der Waals surface area contributed by atoms with Crippen molar-refractivity contribution in [3.63, 3.8) is 0 Å². The summed E-state index contributed by atoms with van der Waals surface area (Å²) in [6.07, 6.45) is 2.65. The topological polar surface area (TPSA) is 67.5 Å². The molecule has 2 atom stereocenters. The van der Waals surface area contributed by atoms with Crippen molar-refractivity contribution in [3.8, 4) is 0 Å². The van der Waals surface area contributed by atoms with Crippen LogP contribution in [0.2, 0.25) is 0 Å². The second-order valence-electron chi connectivity index (χ2n) is 7.40. The van der Waals surface area contributed by atoms with Crippen molar-refractivity contribution < 1.29 is 28.0 Å². The predicted molar refractivity (Wildman–Crippen MR) is 94.7 cm³/mol. The molecule has 4 rings (SSSR count). The molecule has 1 aromatic carbocycles. The quantitative estimate of drug-likeness (QED) is 0.801. The van der Waals surface area contributed by atoms with E-state index in [-0.39, 0.29) is 29.1 Å². The van der Waals surface area contributed by atoms with Crippen LogP contribution in [-0.2, 0) is 16.8 Å². The van der Waals surface area contributed by atoms with E-state index < -0.39 is 31.6 Å². The van der Waals surface area contributed by atoms with Crippen molar-refractivity contribution in [1.82, 2.24) is 9.78 Å². The van der Waals surface area contributed by atoms with E-state index in [1.165, 1.54) is 13.1 Å². The standard InChI is InChI=1S/C18H22BF3N2O3/c1-2-17(20)15-11(6-7-18(17,21)22)9-13-12(16(15)19(25)26)10-23-24(13)14-5-3-4-8-27-14/h9-10,14,25-26H,2-8H2,1H3. The van der Waals surface area contributed by atoms with Crippen molar-refractivity contribution in [2.75, 3.05) is 6.61 Å². The minimum Gasteiger partial charge on any atom is -0.423 e. The first-order chi connectivity index (χ1) is 12.8. The number of nitrogens with zero attached hydrogens (tertiary/aromatic N) is 2. The first-order valence-electron chi connectivity index (χ1n) is 9.38. The number of fused-ring (bicyclic) bond motifs is 2. The molecular formula is C18H22BF3N2O3. The van der Waals surface area contributed by atoms with Gasteiger partial charge in [-0.3, -0.25) is 0 Å². The summed E-state index contributed by atoms with van der Waals surface area (Å²) in [6.45, 7) is 1.95.